The number of rotatable bonds is 3. The molecule has 3 saturated heterocycles. The number of carbonyl (C=O) groups is 1. The van der Waals surface area contributed by atoms with Gasteiger partial charge < -0.3 is 23.1 Å². The fraction of sp³-hybridized carbons (Fsp3) is 0.500. The monoisotopic (exact) mass is 384 g/mol. The third-order valence-electron chi connectivity index (χ3n) is 4.82. The van der Waals surface area contributed by atoms with Crippen LogP contribution >= 0.6 is 15.9 Å². The zero-order valence-corrected chi connectivity index (χ0v) is 14.2. The second kappa shape index (κ2) is 5.75. The van der Waals surface area contributed by atoms with Crippen LogP contribution in [0.25, 0.3) is 0 Å². The van der Waals surface area contributed by atoms with Crippen LogP contribution in [0.5, 0.6) is 0 Å². The number of hydrogen-bond donors (Lipinski definition) is 1. The number of ether oxygens (including phenoxy) is 1. The van der Waals surface area contributed by atoms with Gasteiger partial charge in [-0.1, -0.05) is 15.9 Å². The van der Waals surface area contributed by atoms with Gasteiger partial charge in [0.1, 0.15) is 12.7 Å². The highest BCUT2D eigenvalue weighted by atomic mass is 79.9. The molecule has 124 valence electrons. The Morgan fingerprint density at radius 2 is 2.00 bits per heavy atom. The van der Waals surface area contributed by atoms with E-state index in [0.717, 1.165) is 28.5 Å². The molecule has 0 aromatic heterocycles. The Bertz CT molecular complexity index is 584. The second-order valence-corrected chi connectivity index (χ2v) is 7.10. The molecule has 0 saturated carbocycles. The zero-order chi connectivity index (χ0) is 15.9. The maximum absolute atomic E-state index is 11.9. The molecule has 0 aliphatic carbocycles. The SMILES string of the molecule is O=C(Nc1ccc(Br)cc1)OC[C@@H]1C[N+]23CCO[B-]2(OCC3)O1. The van der Waals surface area contributed by atoms with Gasteiger partial charge in [-0.15, -0.1) is 0 Å². The van der Waals surface area contributed by atoms with Crippen molar-refractivity contribution in [2.45, 2.75) is 6.10 Å². The van der Waals surface area contributed by atoms with Crippen molar-refractivity contribution in [2.75, 3.05) is 44.8 Å². The first-order chi connectivity index (χ1) is 11.1. The van der Waals surface area contributed by atoms with Crippen molar-refractivity contribution in [2.24, 2.45) is 0 Å². The quantitative estimate of drug-likeness (QED) is 0.803. The van der Waals surface area contributed by atoms with E-state index in [4.69, 9.17) is 18.7 Å². The van der Waals surface area contributed by atoms with Gasteiger partial charge in [-0.2, -0.15) is 0 Å². The van der Waals surface area contributed by atoms with Crippen molar-refractivity contribution in [1.82, 2.24) is 0 Å². The van der Waals surface area contributed by atoms with Gasteiger partial charge in [-0.05, 0) is 24.3 Å². The predicted octanol–water partition coefficient (Wildman–Crippen LogP) is 1.71. The summed E-state index contributed by atoms with van der Waals surface area (Å²) in [5.74, 6) is 0. The standard InChI is InChI=1S/C14H18BBrN2O5/c16-11-1-3-12(4-2-11)17-14(19)20-10-13-9-18-5-7-21-15(18,23-13)22-8-6-18/h1-4,13H,5-10H2,(H,17,19)/t13-,15?,18?/m0/s1. The van der Waals surface area contributed by atoms with Crippen LogP contribution in [0.3, 0.4) is 0 Å². The van der Waals surface area contributed by atoms with Crippen LogP contribution in [0.1, 0.15) is 0 Å². The summed E-state index contributed by atoms with van der Waals surface area (Å²) in [6.07, 6.45) is -0.679. The smallest absolute Gasteiger partial charge is 0.481 e. The van der Waals surface area contributed by atoms with Crippen LogP contribution in [-0.4, -0.2) is 62.9 Å². The van der Waals surface area contributed by atoms with E-state index in [1.165, 1.54) is 0 Å². The highest BCUT2D eigenvalue weighted by molar-refractivity contribution is 9.10. The number of nitrogens with zero attached hydrogens (tertiary/aromatic N) is 1. The van der Waals surface area contributed by atoms with E-state index in [1.807, 2.05) is 12.1 Å². The molecule has 1 atom stereocenters. The maximum atomic E-state index is 11.9. The van der Waals surface area contributed by atoms with Crippen molar-refractivity contribution in [3.63, 3.8) is 0 Å². The molecule has 0 unspecified atom stereocenters. The number of halogens is 1. The Hall–Kier alpha value is -1.13. The lowest BCUT2D eigenvalue weighted by molar-refractivity contribution is -0.816. The van der Waals surface area contributed by atoms with E-state index < -0.39 is 13.0 Å². The number of amides is 1. The summed E-state index contributed by atoms with van der Waals surface area (Å²) >= 11 is 3.35. The molecule has 0 radical (unpaired) electrons. The van der Waals surface area contributed by atoms with Gasteiger partial charge in [0, 0.05) is 10.2 Å². The number of benzene rings is 1. The predicted molar refractivity (Wildman–Crippen MR) is 86.5 cm³/mol. The minimum Gasteiger partial charge on any atom is -0.481 e. The molecule has 0 spiro atoms. The van der Waals surface area contributed by atoms with Crippen LogP contribution < -0.4 is 5.32 Å². The number of nitrogens with one attached hydrogen (secondary N) is 1. The topological polar surface area (TPSA) is 66.0 Å². The molecular weight excluding hydrogens is 367 g/mol. The Morgan fingerprint density at radius 3 is 2.65 bits per heavy atom. The Balaban J connectivity index is 1.30. The van der Waals surface area contributed by atoms with Gasteiger partial charge in [0.2, 0.25) is 0 Å². The van der Waals surface area contributed by atoms with Crippen molar-refractivity contribution >= 4 is 34.6 Å². The number of carbonyl (C=O) groups excluding carboxylic acids is 1. The molecule has 4 rings (SSSR count). The molecule has 1 N–H and O–H groups in total. The Kier molecular flexibility index (Phi) is 3.85. The Morgan fingerprint density at radius 1 is 1.30 bits per heavy atom. The van der Waals surface area contributed by atoms with E-state index in [0.29, 0.717) is 18.9 Å². The van der Waals surface area contributed by atoms with Gasteiger partial charge in [-0.3, -0.25) is 5.32 Å². The summed E-state index contributed by atoms with van der Waals surface area (Å²) in [4.78, 5) is 11.9. The first-order valence-corrected chi connectivity index (χ1v) is 8.54. The van der Waals surface area contributed by atoms with E-state index in [-0.39, 0.29) is 12.7 Å². The number of quaternary nitrogens is 1. The van der Waals surface area contributed by atoms with Crippen LogP contribution in [0, 0.1) is 0 Å². The molecule has 23 heavy (non-hydrogen) atoms. The highest BCUT2D eigenvalue weighted by Gasteiger charge is 2.66. The van der Waals surface area contributed by atoms with E-state index >= 15 is 0 Å². The molecule has 1 aromatic rings. The van der Waals surface area contributed by atoms with Crippen LogP contribution in [0.2, 0.25) is 0 Å². The third-order valence-corrected chi connectivity index (χ3v) is 5.35. The molecule has 3 aliphatic rings. The second-order valence-electron chi connectivity index (χ2n) is 6.18. The first-order valence-electron chi connectivity index (χ1n) is 7.75. The summed E-state index contributed by atoms with van der Waals surface area (Å²) in [6, 6.07) is 7.30. The van der Waals surface area contributed by atoms with Gasteiger partial charge in [-0.25, -0.2) is 4.79 Å². The van der Waals surface area contributed by atoms with Crippen LogP contribution in [0.15, 0.2) is 28.7 Å². The molecule has 1 amide bonds. The highest BCUT2D eigenvalue weighted by Crippen LogP contribution is 2.41. The van der Waals surface area contributed by atoms with Gasteiger partial charge >= 0.3 is 13.0 Å². The zero-order valence-electron chi connectivity index (χ0n) is 12.6. The molecule has 1 aromatic carbocycles. The summed E-state index contributed by atoms with van der Waals surface area (Å²) < 4.78 is 24.5. The Labute approximate surface area is 142 Å². The van der Waals surface area contributed by atoms with Crippen molar-refractivity contribution in [3.05, 3.63) is 28.7 Å². The minimum absolute atomic E-state index is 0.189. The molecule has 3 heterocycles. The number of anilines is 1. The molecule has 3 fully saturated rings. The normalized spacial score (nSPS) is 34.9. The van der Waals surface area contributed by atoms with Gasteiger partial charge in [0.05, 0.1) is 32.8 Å². The average molecular weight is 385 g/mol. The van der Waals surface area contributed by atoms with Crippen molar-refractivity contribution in [1.29, 1.82) is 0 Å². The lowest BCUT2D eigenvalue weighted by Gasteiger charge is -2.37. The lowest BCUT2D eigenvalue weighted by atomic mass is 9.94. The molecule has 7 nitrogen and oxygen atoms in total. The van der Waals surface area contributed by atoms with Crippen LogP contribution in [0.4, 0.5) is 10.5 Å². The molecule has 3 aliphatic heterocycles. The van der Waals surface area contributed by atoms with Gasteiger partial charge in [0.15, 0.2) is 0 Å². The molecule has 0 bridgehead atoms. The third kappa shape index (κ3) is 2.66. The summed E-state index contributed by atoms with van der Waals surface area (Å²) in [5.41, 5.74) is 0.683. The van der Waals surface area contributed by atoms with Crippen molar-refractivity contribution < 1.29 is 27.9 Å². The summed E-state index contributed by atoms with van der Waals surface area (Å²) in [7, 11) is 0. The fourth-order valence-electron chi connectivity index (χ4n) is 3.72. The first kappa shape index (κ1) is 15.4. The lowest BCUT2D eigenvalue weighted by Crippen LogP contribution is -2.59. The summed E-state index contributed by atoms with van der Waals surface area (Å²) in [5, 5.41) is 2.69. The number of hydrogen-bond acceptors (Lipinski definition) is 5. The minimum atomic E-state index is -1.69. The van der Waals surface area contributed by atoms with Crippen LogP contribution in [-0.2, 0) is 18.7 Å². The van der Waals surface area contributed by atoms with Crippen molar-refractivity contribution in [3.8, 4) is 0 Å². The average Bonchev–Trinajstić information content (AvgIpc) is 3.09. The van der Waals surface area contributed by atoms with E-state index in [9.17, 15) is 4.79 Å². The van der Waals surface area contributed by atoms with Gasteiger partial charge in [0.25, 0.3) is 0 Å². The van der Waals surface area contributed by atoms with E-state index in [2.05, 4.69) is 21.2 Å². The summed E-state index contributed by atoms with van der Waals surface area (Å²) in [6.45, 7) is 2.41. The largest absolute Gasteiger partial charge is 0.625 e. The maximum Gasteiger partial charge on any atom is 0.625 e. The molecule has 9 heteroatoms. The van der Waals surface area contributed by atoms with E-state index in [1.54, 1.807) is 12.1 Å². The fourth-order valence-corrected chi connectivity index (χ4v) is 3.98. The molecular formula is C14H18BBrN2O5.